The minimum atomic E-state index is -0.392. The number of Topliss-reactive ketones (excluding diaryl/α,β-unsaturated/α-hetero) is 1. The molecule has 2 nitrogen and oxygen atoms in total. The number of carbonyl (C=O) groups is 1. The minimum absolute atomic E-state index is 0.119. The third-order valence-corrected chi connectivity index (χ3v) is 4.81. The predicted octanol–water partition coefficient (Wildman–Crippen LogP) is 4.30. The first kappa shape index (κ1) is 14.1. The number of halogens is 1. The number of hydrogen-bond donors (Lipinski definition) is 0. The van der Waals surface area contributed by atoms with Crippen molar-refractivity contribution >= 4 is 17.5 Å². The number of benzene rings is 2. The van der Waals surface area contributed by atoms with E-state index in [0.717, 1.165) is 5.75 Å². The summed E-state index contributed by atoms with van der Waals surface area (Å²) in [6.07, 6.45) is 0. The van der Waals surface area contributed by atoms with Gasteiger partial charge in [-0.3, -0.25) is 4.79 Å². The lowest BCUT2D eigenvalue weighted by atomic mass is 10.0. The van der Waals surface area contributed by atoms with E-state index in [4.69, 9.17) is 4.74 Å². The van der Waals surface area contributed by atoms with E-state index in [1.165, 1.54) is 35.6 Å². The van der Waals surface area contributed by atoms with E-state index >= 15 is 0 Å². The lowest BCUT2D eigenvalue weighted by molar-refractivity contribution is 0.101. The van der Waals surface area contributed by atoms with Crippen molar-refractivity contribution in [1.82, 2.24) is 0 Å². The van der Waals surface area contributed by atoms with Crippen LogP contribution in [0.2, 0.25) is 0 Å². The van der Waals surface area contributed by atoms with Gasteiger partial charge in [0.2, 0.25) is 0 Å². The van der Waals surface area contributed by atoms with Crippen LogP contribution in [0.3, 0.4) is 0 Å². The lowest BCUT2D eigenvalue weighted by Crippen LogP contribution is -2.11. The highest BCUT2D eigenvalue weighted by Crippen LogP contribution is 2.39. The van der Waals surface area contributed by atoms with Crippen LogP contribution >= 0.6 is 11.8 Å². The summed E-state index contributed by atoms with van der Waals surface area (Å²) in [5.74, 6) is 1.04. The number of ether oxygens (including phenoxy) is 1. The van der Waals surface area contributed by atoms with E-state index in [1.54, 1.807) is 11.8 Å². The molecule has 1 unspecified atom stereocenters. The van der Waals surface area contributed by atoms with Gasteiger partial charge in [-0.25, -0.2) is 4.39 Å². The SMILES string of the molecule is CC(=O)c1ccc(F)cc1OCC1CSc2ccccc21. The van der Waals surface area contributed by atoms with E-state index in [2.05, 4.69) is 12.1 Å². The Bertz CT molecular complexity index is 684. The molecule has 0 radical (unpaired) electrons. The Labute approximate surface area is 127 Å². The molecule has 4 heteroatoms. The highest BCUT2D eigenvalue weighted by Gasteiger charge is 2.23. The molecule has 1 atom stereocenters. The van der Waals surface area contributed by atoms with Crippen molar-refractivity contribution in [3.63, 3.8) is 0 Å². The molecular weight excluding hydrogens is 287 g/mol. The van der Waals surface area contributed by atoms with Gasteiger partial charge in [0.25, 0.3) is 0 Å². The van der Waals surface area contributed by atoms with E-state index < -0.39 is 5.82 Å². The van der Waals surface area contributed by atoms with Gasteiger partial charge in [-0.2, -0.15) is 0 Å². The van der Waals surface area contributed by atoms with E-state index in [1.807, 2.05) is 12.1 Å². The first-order valence-electron chi connectivity index (χ1n) is 6.80. The summed E-state index contributed by atoms with van der Waals surface area (Å²) in [6.45, 7) is 1.91. The maximum absolute atomic E-state index is 13.4. The number of thioether (sulfide) groups is 1. The summed E-state index contributed by atoms with van der Waals surface area (Å²) in [5, 5.41) is 0. The second-order valence-corrected chi connectivity index (χ2v) is 6.12. The van der Waals surface area contributed by atoms with Gasteiger partial charge in [0.1, 0.15) is 11.6 Å². The molecular formula is C17H15FO2S. The molecule has 0 N–H and O–H groups in total. The van der Waals surface area contributed by atoms with Crippen molar-refractivity contribution in [2.45, 2.75) is 17.7 Å². The minimum Gasteiger partial charge on any atom is -0.492 e. The van der Waals surface area contributed by atoms with Crippen molar-refractivity contribution in [1.29, 1.82) is 0 Å². The molecule has 1 heterocycles. The fourth-order valence-corrected chi connectivity index (χ4v) is 3.70. The van der Waals surface area contributed by atoms with Gasteiger partial charge in [-0.05, 0) is 30.7 Å². The highest BCUT2D eigenvalue weighted by atomic mass is 32.2. The molecule has 0 amide bonds. The molecule has 0 spiro atoms. The van der Waals surface area contributed by atoms with Gasteiger partial charge in [0, 0.05) is 22.6 Å². The Morgan fingerprint density at radius 1 is 1.33 bits per heavy atom. The average molecular weight is 302 g/mol. The number of ketones is 1. The van der Waals surface area contributed by atoms with E-state index in [9.17, 15) is 9.18 Å². The van der Waals surface area contributed by atoms with Gasteiger partial charge in [-0.15, -0.1) is 11.8 Å². The molecule has 2 aromatic carbocycles. The molecule has 1 aliphatic rings. The standard InChI is InChI=1S/C17H15FO2S/c1-11(19)14-7-6-13(18)8-16(14)20-9-12-10-21-17-5-3-2-4-15(12)17/h2-8,12H,9-10H2,1H3. The lowest BCUT2D eigenvalue weighted by Gasteiger charge is -2.14. The van der Waals surface area contributed by atoms with E-state index in [-0.39, 0.29) is 11.7 Å². The van der Waals surface area contributed by atoms with Gasteiger partial charge < -0.3 is 4.74 Å². The van der Waals surface area contributed by atoms with Crippen LogP contribution in [0.5, 0.6) is 5.75 Å². The molecule has 3 rings (SSSR count). The molecule has 0 aliphatic carbocycles. The van der Waals surface area contributed by atoms with Crippen LogP contribution in [0.25, 0.3) is 0 Å². The van der Waals surface area contributed by atoms with E-state index in [0.29, 0.717) is 17.9 Å². The summed E-state index contributed by atoms with van der Waals surface area (Å²) in [4.78, 5) is 12.8. The third kappa shape index (κ3) is 2.95. The molecule has 2 aromatic rings. The first-order valence-corrected chi connectivity index (χ1v) is 7.78. The fourth-order valence-electron chi connectivity index (χ4n) is 2.46. The van der Waals surface area contributed by atoms with Crippen molar-refractivity contribution in [2.75, 3.05) is 12.4 Å². The average Bonchev–Trinajstić information content (AvgIpc) is 2.88. The Hall–Kier alpha value is -1.81. The smallest absolute Gasteiger partial charge is 0.163 e. The molecule has 0 aromatic heterocycles. The van der Waals surface area contributed by atoms with Crippen LogP contribution in [0.15, 0.2) is 47.4 Å². The molecule has 108 valence electrons. The monoisotopic (exact) mass is 302 g/mol. The maximum atomic E-state index is 13.4. The first-order chi connectivity index (χ1) is 10.1. The number of carbonyl (C=O) groups excluding carboxylic acids is 1. The normalized spacial score (nSPS) is 16.6. The number of rotatable bonds is 4. The summed E-state index contributed by atoms with van der Waals surface area (Å²) >= 11 is 1.80. The molecule has 0 saturated carbocycles. The Kier molecular flexibility index (Phi) is 3.97. The van der Waals surface area contributed by atoms with Gasteiger partial charge in [0.15, 0.2) is 5.78 Å². The number of hydrogen-bond acceptors (Lipinski definition) is 3. The number of fused-ring (bicyclic) bond motifs is 1. The summed E-state index contributed by atoms with van der Waals surface area (Å²) < 4.78 is 19.1. The highest BCUT2D eigenvalue weighted by molar-refractivity contribution is 7.99. The topological polar surface area (TPSA) is 26.3 Å². The fraction of sp³-hybridized carbons (Fsp3) is 0.235. The maximum Gasteiger partial charge on any atom is 0.163 e. The predicted molar refractivity (Wildman–Crippen MR) is 81.8 cm³/mol. The Morgan fingerprint density at radius 3 is 2.95 bits per heavy atom. The zero-order valence-electron chi connectivity index (χ0n) is 11.6. The third-order valence-electron chi connectivity index (χ3n) is 3.56. The zero-order valence-corrected chi connectivity index (χ0v) is 12.5. The van der Waals surface area contributed by atoms with Crippen LogP contribution in [-0.4, -0.2) is 18.1 Å². The molecule has 1 aliphatic heterocycles. The van der Waals surface area contributed by atoms with Crippen molar-refractivity contribution in [3.8, 4) is 5.75 Å². The molecule has 0 saturated heterocycles. The Morgan fingerprint density at radius 2 is 2.14 bits per heavy atom. The van der Waals surface area contributed by atoms with Crippen LogP contribution in [0.4, 0.5) is 4.39 Å². The van der Waals surface area contributed by atoms with Crippen LogP contribution < -0.4 is 4.74 Å². The van der Waals surface area contributed by atoms with Gasteiger partial charge in [0.05, 0.1) is 12.2 Å². The van der Waals surface area contributed by atoms with Crippen LogP contribution in [0.1, 0.15) is 28.8 Å². The Balaban J connectivity index is 1.77. The van der Waals surface area contributed by atoms with Gasteiger partial charge in [-0.1, -0.05) is 18.2 Å². The van der Waals surface area contributed by atoms with Crippen LogP contribution in [0, 0.1) is 5.82 Å². The molecule has 21 heavy (non-hydrogen) atoms. The summed E-state index contributed by atoms with van der Waals surface area (Å²) in [7, 11) is 0. The second kappa shape index (κ2) is 5.90. The second-order valence-electron chi connectivity index (χ2n) is 5.05. The summed E-state index contributed by atoms with van der Waals surface area (Å²) in [5.41, 5.74) is 1.69. The van der Waals surface area contributed by atoms with Crippen molar-refractivity contribution < 1.29 is 13.9 Å². The van der Waals surface area contributed by atoms with Crippen LogP contribution in [-0.2, 0) is 0 Å². The molecule has 0 fully saturated rings. The molecule has 0 bridgehead atoms. The largest absolute Gasteiger partial charge is 0.492 e. The summed E-state index contributed by atoms with van der Waals surface area (Å²) in [6, 6.07) is 12.3. The quantitative estimate of drug-likeness (QED) is 0.788. The zero-order chi connectivity index (χ0) is 14.8. The van der Waals surface area contributed by atoms with Crippen molar-refractivity contribution in [2.24, 2.45) is 0 Å². The van der Waals surface area contributed by atoms with Crippen molar-refractivity contribution in [3.05, 3.63) is 59.4 Å². The van der Waals surface area contributed by atoms with Gasteiger partial charge >= 0.3 is 0 Å².